The number of nitrogens with zero attached hydrogens (tertiary/aromatic N) is 1. The summed E-state index contributed by atoms with van der Waals surface area (Å²) in [5, 5.41) is 11.4. The highest BCUT2D eigenvalue weighted by Gasteiger charge is 2.47. The molecule has 4 rings (SSSR count). The number of hydrogen-bond acceptors (Lipinski definition) is 4. The Kier molecular flexibility index (Phi) is 7.33. The number of ketones is 1. The van der Waals surface area contributed by atoms with E-state index in [1.54, 1.807) is 25.3 Å². The van der Waals surface area contributed by atoms with Gasteiger partial charge >= 0.3 is 0 Å². The van der Waals surface area contributed by atoms with Gasteiger partial charge in [0.05, 0.1) is 23.2 Å². The topological polar surface area (TPSA) is 66.8 Å². The van der Waals surface area contributed by atoms with Crippen LogP contribution in [-0.2, 0) is 15.0 Å². The van der Waals surface area contributed by atoms with E-state index in [2.05, 4.69) is 50.5 Å². The maximum absolute atomic E-state index is 13.5. The van der Waals surface area contributed by atoms with Gasteiger partial charge in [-0.3, -0.25) is 14.5 Å². The predicted octanol–water partition coefficient (Wildman–Crippen LogP) is 7.50. The van der Waals surface area contributed by atoms with Crippen molar-refractivity contribution in [2.45, 2.75) is 52.0 Å². The second-order valence-electron chi connectivity index (χ2n) is 10.6. The zero-order chi connectivity index (χ0) is 27.1. The fourth-order valence-electron chi connectivity index (χ4n) is 4.57. The molecule has 0 bridgehead atoms. The Labute approximate surface area is 226 Å². The number of amides is 1. The van der Waals surface area contributed by atoms with Crippen LogP contribution in [0.15, 0.2) is 76.8 Å². The van der Waals surface area contributed by atoms with Crippen molar-refractivity contribution in [1.82, 2.24) is 0 Å². The molecular formula is C31H32BrNO4. The number of benzene rings is 3. The van der Waals surface area contributed by atoms with Gasteiger partial charge in [-0.25, -0.2) is 0 Å². The number of aliphatic hydroxyl groups excluding tert-OH is 1. The van der Waals surface area contributed by atoms with Crippen LogP contribution in [0, 0.1) is 0 Å². The Balaban J connectivity index is 1.91. The minimum Gasteiger partial charge on any atom is -0.507 e. The van der Waals surface area contributed by atoms with Gasteiger partial charge in [-0.1, -0.05) is 71.0 Å². The van der Waals surface area contributed by atoms with Crippen molar-refractivity contribution in [3.05, 3.63) is 99.0 Å². The van der Waals surface area contributed by atoms with Crippen LogP contribution in [0.25, 0.3) is 5.76 Å². The molecule has 0 saturated carbocycles. The van der Waals surface area contributed by atoms with Crippen LogP contribution in [0.3, 0.4) is 0 Å². The third-order valence-corrected chi connectivity index (χ3v) is 7.42. The molecule has 3 aromatic carbocycles. The molecule has 6 heteroatoms. The lowest BCUT2D eigenvalue weighted by Gasteiger charge is -2.27. The van der Waals surface area contributed by atoms with Gasteiger partial charge in [0.1, 0.15) is 11.5 Å². The van der Waals surface area contributed by atoms with Gasteiger partial charge in [0.25, 0.3) is 11.7 Å². The van der Waals surface area contributed by atoms with E-state index in [9.17, 15) is 14.7 Å². The highest BCUT2D eigenvalue weighted by Crippen LogP contribution is 2.43. The molecule has 1 amide bonds. The summed E-state index contributed by atoms with van der Waals surface area (Å²) in [7, 11) is 1.55. The first-order valence-electron chi connectivity index (χ1n) is 12.3. The number of carbonyl (C=O) groups is 2. The summed E-state index contributed by atoms with van der Waals surface area (Å²) in [6.07, 6.45) is 0. The second kappa shape index (κ2) is 10.2. The lowest BCUT2D eigenvalue weighted by molar-refractivity contribution is -0.132. The first-order valence-corrected chi connectivity index (χ1v) is 13.1. The van der Waals surface area contributed by atoms with Crippen molar-refractivity contribution in [2.24, 2.45) is 0 Å². The zero-order valence-corrected chi connectivity index (χ0v) is 23.6. The van der Waals surface area contributed by atoms with Crippen LogP contribution in [0.5, 0.6) is 5.75 Å². The number of carbonyl (C=O) groups excluding carboxylic acids is 2. The average Bonchev–Trinajstić information content (AvgIpc) is 3.13. The third kappa shape index (κ3) is 5.08. The number of Topliss-reactive ketones (excluding diaryl/α,β-unsaturated/α-hetero) is 1. The van der Waals surface area contributed by atoms with Crippen molar-refractivity contribution in [2.75, 3.05) is 12.0 Å². The van der Waals surface area contributed by atoms with Crippen molar-refractivity contribution >= 4 is 39.1 Å². The molecule has 1 unspecified atom stereocenters. The first-order chi connectivity index (χ1) is 17.4. The van der Waals surface area contributed by atoms with Gasteiger partial charge in [-0.15, -0.1) is 0 Å². The minimum atomic E-state index is -0.778. The number of ether oxygens (including phenoxy) is 1. The summed E-state index contributed by atoms with van der Waals surface area (Å²) in [5.74, 6) is -0.693. The number of aliphatic hydroxyl groups is 1. The Morgan fingerprint density at radius 2 is 1.59 bits per heavy atom. The van der Waals surface area contributed by atoms with E-state index in [1.165, 1.54) is 4.90 Å². The molecule has 1 N–H and O–H groups in total. The van der Waals surface area contributed by atoms with E-state index < -0.39 is 17.7 Å². The first kappa shape index (κ1) is 26.7. The number of rotatable bonds is 5. The second-order valence-corrected chi connectivity index (χ2v) is 11.5. The smallest absolute Gasteiger partial charge is 0.300 e. The van der Waals surface area contributed by atoms with Gasteiger partial charge in [0.15, 0.2) is 0 Å². The molecule has 0 radical (unpaired) electrons. The number of anilines is 1. The van der Waals surface area contributed by atoms with Gasteiger partial charge in [0, 0.05) is 11.3 Å². The molecule has 0 spiro atoms. The van der Waals surface area contributed by atoms with Crippen molar-refractivity contribution in [3.63, 3.8) is 0 Å². The third-order valence-electron chi connectivity index (χ3n) is 6.80. The summed E-state index contributed by atoms with van der Waals surface area (Å²) in [4.78, 5) is 28.4. The summed E-state index contributed by atoms with van der Waals surface area (Å²) in [6.45, 7) is 10.6. The van der Waals surface area contributed by atoms with Crippen LogP contribution < -0.4 is 9.64 Å². The highest BCUT2D eigenvalue weighted by molar-refractivity contribution is 9.10. The highest BCUT2D eigenvalue weighted by atomic mass is 79.9. The summed E-state index contributed by atoms with van der Waals surface area (Å²) >= 11 is 3.44. The molecule has 37 heavy (non-hydrogen) atoms. The number of halogens is 1. The molecule has 192 valence electrons. The number of methoxy groups -OCH3 is 1. The van der Waals surface area contributed by atoms with Crippen LogP contribution in [-0.4, -0.2) is 23.9 Å². The standard InChI is InChI=1S/C31H32BrNO4/c1-18(2)19-9-14-23(15-10-19)33-27(20-7-12-22(13-8-20)31(3,4)5)26(29(35)30(33)36)28(34)21-11-16-25(37-6)24(32)17-21/h7-18,27,34H,1-6H3/b28-26-. The zero-order valence-electron chi connectivity index (χ0n) is 22.0. The molecule has 1 heterocycles. The van der Waals surface area contributed by atoms with Gasteiger partial charge in [-0.05, 0) is 74.3 Å². The average molecular weight is 563 g/mol. The van der Waals surface area contributed by atoms with E-state index in [0.29, 0.717) is 27.4 Å². The van der Waals surface area contributed by atoms with E-state index in [4.69, 9.17) is 4.74 Å². The fourth-order valence-corrected chi connectivity index (χ4v) is 5.11. The summed E-state index contributed by atoms with van der Waals surface area (Å²) in [5.41, 5.74) is 4.03. The quantitative estimate of drug-likeness (QED) is 0.199. The monoisotopic (exact) mass is 561 g/mol. The van der Waals surface area contributed by atoms with E-state index in [1.807, 2.05) is 48.5 Å². The summed E-state index contributed by atoms with van der Waals surface area (Å²) in [6, 6.07) is 19.8. The van der Waals surface area contributed by atoms with Crippen molar-refractivity contribution < 1.29 is 19.4 Å². The Morgan fingerprint density at radius 3 is 2.11 bits per heavy atom. The lowest BCUT2D eigenvalue weighted by Crippen LogP contribution is -2.29. The maximum Gasteiger partial charge on any atom is 0.300 e. The van der Waals surface area contributed by atoms with Crippen molar-refractivity contribution in [1.29, 1.82) is 0 Å². The van der Waals surface area contributed by atoms with Gasteiger partial charge < -0.3 is 9.84 Å². The maximum atomic E-state index is 13.5. The molecule has 0 aromatic heterocycles. The van der Waals surface area contributed by atoms with Crippen LogP contribution in [0.4, 0.5) is 5.69 Å². The van der Waals surface area contributed by atoms with E-state index in [-0.39, 0.29) is 16.7 Å². The molecular weight excluding hydrogens is 530 g/mol. The lowest BCUT2D eigenvalue weighted by atomic mass is 9.85. The molecule has 1 atom stereocenters. The van der Waals surface area contributed by atoms with Crippen LogP contribution in [0.1, 0.15) is 68.8 Å². The van der Waals surface area contributed by atoms with Gasteiger partial charge in [-0.2, -0.15) is 0 Å². The van der Waals surface area contributed by atoms with Gasteiger partial charge in [0.2, 0.25) is 0 Å². The summed E-state index contributed by atoms with van der Waals surface area (Å²) < 4.78 is 5.93. The van der Waals surface area contributed by atoms with E-state index in [0.717, 1.165) is 16.7 Å². The number of hydrogen-bond donors (Lipinski definition) is 1. The minimum absolute atomic E-state index is 0.0532. The van der Waals surface area contributed by atoms with E-state index >= 15 is 0 Å². The molecule has 1 saturated heterocycles. The molecule has 0 aliphatic carbocycles. The molecule has 1 aliphatic rings. The van der Waals surface area contributed by atoms with Crippen LogP contribution in [0.2, 0.25) is 0 Å². The Morgan fingerprint density at radius 1 is 0.973 bits per heavy atom. The van der Waals surface area contributed by atoms with Crippen LogP contribution >= 0.6 is 15.9 Å². The molecule has 5 nitrogen and oxygen atoms in total. The normalized spacial score (nSPS) is 17.5. The molecule has 3 aromatic rings. The largest absolute Gasteiger partial charge is 0.507 e. The molecule has 1 aliphatic heterocycles. The predicted molar refractivity (Wildman–Crippen MR) is 151 cm³/mol. The fraction of sp³-hybridized carbons (Fsp3) is 0.290. The SMILES string of the molecule is COc1ccc(/C(O)=C2/C(=O)C(=O)N(c3ccc(C(C)C)cc3)C2c2ccc(C(C)(C)C)cc2)cc1Br. The molecule has 1 fully saturated rings. The Bertz CT molecular complexity index is 1370. The van der Waals surface area contributed by atoms with Crippen molar-refractivity contribution in [3.8, 4) is 5.75 Å². The Hall–Kier alpha value is -3.38.